The normalized spacial score (nSPS) is 34.7. The van der Waals surface area contributed by atoms with Crippen molar-refractivity contribution in [3.05, 3.63) is 65.5 Å². The van der Waals surface area contributed by atoms with Crippen molar-refractivity contribution < 1.29 is 18.7 Å². The van der Waals surface area contributed by atoms with Gasteiger partial charge in [-0.05, 0) is 49.2 Å². The van der Waals surface area contributed by atoms with Gasteiger partial charge in [0.2, 0.25) is 0 Å². The molecule has 4 aliphatic rings. The lowest BCUT2D eigenvalue weighted by molar-refractivity contribution is -0.180. The van der Waals surface area contributed by atoms with Gasteiger partial charge >= 0.3 is 5.97 Å². The first-order valence-corrected chi connectivity index (χ1v) is 9.50. The van der Waals surface area contributed by atoms with Crippen LogP contribution in [-0.4, -0.2) is 42.7 Å². The lowest BCUT2D eigenvalue weighted by Gasteiger charge is -2.57. The minimum Gasteiger partial charge on any atom is -0.497 e. The first-order valence-electron chi connectivity index (χ1n) is 9.50. The molecular weight excluding hydrogens is 345 g/mol. The van der Waals surface area contributed by atoms with Crippen LogP contribution in [0.15, 0.2) is 60.0 Å². The molecule has 27 heavy (non-hydrogen) atoms. The highest BCUT2D eigenvalue weighted by Gasteiger charge is 2.69. The first-order chi connectivity index (χ1) is 13.1. The smallest absolute Gasteiger partial charge is 0.325 e. The van der Waals surface area contributed by atoms with Crippen LogP contribution >= 0.6 is 0 Å². The molecule has 0 amide bonds. The second-order valence-corrected chi connectivity index (χ2v) is 7.76. The second kappa shape index (κ2) is 5.80. The third-order valence-corrected chi connectivity index (χ3v) is 6.51. The number of methoxy groups -OCH3 is 1. The molecule has 3 aliphatic heterocycles. The lowest BCUT2D eigenvalue weighted by Crippen LogP contribution is -2.71. The number of allylic oxidation sites excluding steroid dienone is 4. The van der Waals surface area contributed by atoms with Gasteiger partial charge in [-0.15, -0.1) is 0 Å². The molecule has 5 heteroatoms. The predicted molar refractivity (Wildman–Crippen MR) is 99.1 cm³/mol. The molecule has 1 spiro atoms. The molecule has 0 aromatic heterocycles. The summed E-state index contributed by atoms with van der Waals surface area (Å²) in [5.74, 6) is 0.0433. The fourth-order valence-electron chi connectivity index (χ4n) is 5.19. The van der Waals surface area contributed by atoms with E-state index in [0.717, 1.165) is 30.5 Å². The maximum Gasteiger partial charge on any atom is 0.325 e. The molecule has 3 atom stereocenters. The molecule has 0 N–H and O–H groups in total. The highest BCUT2D eigenvalue weighted by atomic mass is 19.1. The molecule has 3 saturated heterocycles. The number of fused-ring (bicyclic) bond motifs is 4. The molecule has 3 heterocycles. The first kappa shape index (κ1) is 16.8. The average Bonchev–Trinajstić information content (AvgIpc) is 2.81. The minimum absolute atomic E-state index is 0.185. The monoisotopic (exact) mass is 367 g/mol. The molecule has 1 aromatic carbocycles. The van der Waals surface area contributed by atoms with E-state index >= 15 is 0 Å². The van der Waals surface area contributed by atoms with Crippen LogP contribution in [0.5, 0.6) is 5.75 Å². The van der Waals surface area contributed by atoms with Crippen LogP contribution in [-0.2, 0) is 14.9 Å². The van der Waals surface area contributed by atoms with Crippen molar-refractivity contribution in [2.45, 2.75) is 36.3 Å². The summed E-state index contributed by atoms with van der Waals surface area (Å²) in [5, 5.41) is 0. The largest absolute Gasteiger partial charge is 0.497 e. The standard InChI is InChI=1S/C22H22FNO3/c1-26-17-8-5-15(6-9-17)21-12-11-16(23)7-10-18(21)22(27-20(21)25)14-24-13-3-2-4-19(22)24/h5-12,19H,2-4,13-14H2,1H3. The summed E-state index contributed by atoms with van der Waals surface area (Å²) in [6, 6.07) is 7.59. The molecule has 0 bridgehead atoms. The third-order valence-electron chi connectivity index (χ3n) is 6.51. The Labute approximate surface area is 157 Å². The van der Waals surface area contributed by atoms with Crippen LogP contribution in [0.25, 0.3) is 0 Å². The Balaban J connectivity index is 1.66. The minimum atomic E-state index is -1.08. The second-order valence-electron chi connectivity index (χ2n) is 7.76. The summed E-state index contributed by atoms with van der Waals surface area (Å²) in [5.41, 5.74) is -0.0921. The van der Waals surface area contributed by atoms with Crippen molar-refractivity contribution >= 4 is 5.97 Å². The predicted octanol–water partition coefficient (Wildman–Crippen LogP) is 3.45. The highest BCUT2D eigenvalue weighted by Crippen LogP contribution is 2.57. The summed E-state index contributed by atoms with van der Waals surface area (Å²) < 4.78 is 25.5. The third kappa shape index (κ3) is 2.15. The highest BCUT2D eigenvalue weighted by molar-refractivity contribution is 5.95. The van der Waals surface area contributed by atoms with Crippen molar-refractivity contribution in [1.82, 2.24) is 4.90 Å². The number of carbonyl (C=O) groups is 1. The Bertz CT molecular complexity index is 887. The van der Waals surface area contributed by atoms with Crippen molar-refractivity contribution in [2.75, 3.05) is 20.2 Å². The van der Waals surface area contributed by atoms with Crippen molar-refractivity contribution in [3.8, 4) is 5.75 Å². The number of ether oxygens (including phenoxy) is 2. The Morgan fingerprint density at radius 2 is 2.04 bits per heavy atom. The SMILES string of the molecule is COc1ccc(C23C=CC(F)=CC=C2C2(CN4CCCCC42)OC3=O)cc1. The van der Waals surface area contributed by atoms with Gasteiger partial charge in [-0.25, -0.2) is 4.39 Å². The van der Waals surface area contributed by atoms with Gasteiger partial charge in [0.1, 0.15) is 17.0 Å². The van der Waals surface area contributed by atoms with E-state index in [1.54, 1.807) is 19.3 Å². The molecule has 0 saturated carbocycles. The van der Waals surface area contributed by atoms with Gasteiger partial charge in [0.05, 0.1) is 13.2 Å². The van der Waals surface area contributed by atoms with Crippen LogP contribution in [0, 0.1) is 0 Å². The lowest BCUT2D eigenvalue weighted by atomic mass is 9.64. The van der Waals surface area contributed by atoms with E-state index in [1.807, 2.05) is 24.3 Å². The number of rotatable bonds is 2. The van der Waals surface area contributed by atoms with E-state index < -0.39 is 11.0 Å². The Morgan fingerprint density at radius 3 is 2.78 bits per heavy atom. The number of carbonyl (C=O) groups excluding carboxylic acids is 1. The van der Waals surface area contributed by atoms with E-state index in [0.29, 0.717) is 12.3 Å². The van der Waals surface area contributed by atoms with Crippen LogP contribution in [0.3, 0.4) is 0 Å². The fraction of sp³-hybridized carbons (Fsp3) is 0.409. The fourth-order valence-corrected chi connectivity index (χ4v) is 5.19. The average molecular weight is 367 g/mol. The summed E-state index contributed by atoms with van der Waals surface area (Å²) in [6.45, 7) is 1.73. The molecule has 3 unspecified atom stereocenters. The maximum absolute atomic E-state index is 14.1. The molecule has 140 valence electrons. The number of hydrogen-bond donors (Lipinski definition) is 0. The van der Waals surface area contributed by atoms with Crippen molar-refractivity contribution in [3.63, 3.8) is 0 Å². The molecule has 1 aliphatic carbocycles. The van der Waals surface area contributed by atoms with E-state index in [-0.39, 0.29) is 17.8 Å². The van der Waals surface area contributed by atoms with Gasteiger partial charge in [-0.2, -0.15) is 0 Å². The van der Waals surface area contributed by atoms with Crippen LogP contribution in [0.4, 0.5) is 4.39 Å². The number of nitrogens with zero attached hydrogens (tertiary/aromatic N) is 1. The van der Waals surface area contributed by atoms with Crippen LogP contribution < -0.4 is 4.74 Å². The van der Waals surface area contributed by atoms with Crippen LogP contribution in [0.2, 0.25) is 0 Å². The summed E-state index contributed by atoms with van der Waals surface area (Å²) in [4.78, 5) is 15.7. The van der Waals surface area contributed by atoms with Gasteiger partial charge < -0.3 is 9.47 Å². The number of hydrogen-bond acceptors (Lipinski definition) is 4. The topological polar surface area (TPSA) is 38.8 Å². The summed E-state index contributed by atoms with van der Waals surface area (Å²) in [7, 11) is 1.61. The zero-order chi connectivity index (χ0) is 18.6. The van der Waals surface area contributed by atoms with Crippen LogP contribution in [0.1, 0.15) is 24.8 Å². The Kier molecular flexibility index (Phi) is 3.60. The van der Waals surface area contributed by atoms with Crippen molar-refractivity contribution in [2.24, 2.45) is 0 Å². The molecular formula is C22H22FNO3. The van der Waals surface area contributed by atoms with E-state index in [2.05, 4.69) is 4.90 Å². The Morgan fingerprint density at radius 1 is 1.22 bits per heavy atom. The number of benzene rings is 1. The zero-order valence-corrected chi connectivity index (χ0v) is 15.3. The maximum atomic E-state index is 14.1. The summed E-state index contributed by atoms with van der Waals surface area (Å²) >= 11 is 0. The molecule has 4 nitrogen and oxygen atoms in total. The van der Waals surface area contributed by atoms with Gasteiger partial charge in [0.15, 0.2) is 5.60 Å². The van der Waals surface area contributed by atoms with E-state index in [4.69, 9.17) is 9.47 Å². The summed E-state index contributed by atoms with van der Waals surface area (Å²) in [6.07, 6.45) is 9.58. The molecule has 5 rings (SSSR count). The van der Waals surface area contributed by atoms with Gasteiger partial charge in [0, 0.05) is 12.1 Å². The van der Waals surface area contributed by atoms with Gasteiger partial charge in [0.25, 0.3) is 0 Å². The quantitative estimate of drug-likeness (QED) is 0.751. The number of halogens is 1. The zero-order valence-electron chi connectivity index (χ0n) is 15.3. The molecule has 1 aromatic rings. The number of piperidine rings is 1. The Hall–Kier alpha value is -2.40. The van der Waals surface area contributed by atoms with E-state index in [1.165, 1.54) is 18.6 Å². The van der Waals surface area contributed by atoms with Gasteiger partial charge in [-0.1, -0.05) is 30.7 Å². The molecule has 0 radical (unpaired) electrons. The number of esters is 1. The van der Waals surface area contributed by atoms with Gasteiger partial charge in [-0.3, -0.25) is 9.69 Å². The molecule has 3 fully saturated rings. The van der Waals surface area contributed by atoms with Crippen molar-refractivity contribution in [1.29, 1.82) is 0 Å². The van der Waals surface area contributed by atoms with E-state index in [9.17, 15) is 9.18 Å².